The molecule has 0 aromatic carbocycles. The number of aromatic nitrogens is 1. The number of ether oxygens (including phenoxy) is 2. The maximum Gasteiger partial charge on any atom is 0.137 e. The molecule has 106 valence electrons. The Morgan fingerprint density at radius 1 is 1.37 bits per heavy atom. The van der Waals surface area contributed by atoms with E-state index in [0.29, 0.717) is 18.6 Å². The van der Waals surface area contributed by atoms with Crippen LogP contribution in [-0.2, 0) is 4.74 Å². The van der Waals surface area contributed by atoms with Crippen molar-refractivity contribution in [2.45, 2.75) is 32.7 Å². The third-order valence-corrected chi connectivity index (χ3v) is 3.57. The van der Waals surface area contributed by atoms with Gasteiger partial charge >= 0.3 is 0 Å². The summed E-state index contributed by atoms with van der Waals surface area (Å²) in [5.74, 6) is 1.47. The van der Waals surface area contributed by atoms with Gasteiger partial charge in [-0.15, -0.1) is 0 Å². The van der Waals surface area contributed by atoms with Crippen LogP contribution in [0.1, 0.15) is 38.3 Å². The molecule has 1 aromatic heterocycles. The highest BCUT2D eigenvalue weighted by atomic mass is 16.5. The second-order valence-corrected chi connectivity index (χ2v) is 4.87. The molecule has 0 saturated carbocycles. The molecule has 1 N–H and O–H groups in total. The van der Waals surface area contributed by atoms with E-state index < -0.39 is 0 Å². The number of pyridine rings is 1. The highest BCUT2D eigenvalue weighted by Gasteiger charge is 2.25. The predicted octanol–water partition coefficient (Wildman–Crippen LogP) is 2.56. The van der Waals surface area contributed by atoms with Gasteiger partial charge in [-0.3, -0.25) is 4.98 Å². The zero-order valence-electron chi connectivity index (χ0n) is 11.9. The molecule has 0 radical (unpaired) electrons. The first-order valence-electron chi connectivity index (χ1n) is 7.24. The molecular weight excluding hydrogens is 240 g/mol. The summed E-state index contributed by atoms with van der Waals surface area (Å²) in [4.78, 5) is 4.30. The topological polar surface area (TPSA) is 43.4 Å². The van der Waals surface area contributed by atoms with Gasteiger partial charge in [-0.2, -0.15) is 0 Å². The van der Waals surface area contributed by atoms with E-state index in [2.05, 4.69) is 23.3 Å². The number of nitrogens with zero attached hydrogens (tertiary/aromatic N) is 1. The molecule has 0 bridgehead atoms. The van der Waals surface area contributed by atoms with E-state index in [-0.39, 0.29) is 0 Å². The van der Waals surface area contributed by atoms with E-state index in [0.717, 1.165) is 38.3 Å². The van der Waals surface area contributed by atoms with Crippen molar-refractivity contribution < 1.29 is 9.47 Å². The fourth-order valence-electron chi connectivity index (χ4n) is 2.68. The molecule has 0 amide bonds. The standard InChI is InChI=1S/C15H24N2O2/c1-3-17-15(12-5-7-18-8-6-12)13-9-14(19-4-2)11-16-10-13/h9-12,15,17H,3-8H2,1-2H3. The molecule has 1 aromatic rings. The maximum atomic E-state index is 5.55. The van der Waals surface area contributed by atoms with Crippen molar-refractivity contribution in [1.82, 2.24) is 10.3 Å². The van der Waals surface area contributed by atoms with Crippen molar-refractivity contribution >= 4 is 0 Å². The summed E-state index contributed by atoms with van der Waals surface area (Å²) in [5, 5.41) is 3.59. The van der Waals surface area contributed by atoms with Gasteiger partial charge in [-0.05, 0) is 43.9 Å². The molecule has 4 nitrogen and oxygen atoms in total. The van der Waals surface area contributed by atoms with Crippen LogP contribution in [0.3, 0.4) is 0 Å². The predicted molar refractivity (Wildman–Crippen MR) is 75.4 cm³/mol. The molecule has 19 heavy (non-hydrogen) atoms. The van der Waals surface area contributed by atoms with Gasteiger partial charge in [-0.25, -0.2) is 0 Å². The average molecular weight is 264 g/mol. The van der Waals surface area contributed by atoms with Gasteiger partial charge in [0.25, 0.3) is 0 Å². The van der Waals surface area contributed by atoms with Gasteiger partial charge < -0.3 is 14.8 Å². The quantitative estimate of drug-likeness (QED) is 0.857. The smallest absolute Gasteiger partial charge is 0.137 e. The van der Waals surface area contributed by atoms with E-state index in [4.69, 9.17) is 9.47 Å². The summed E-state index contributed by atoms with van der Waals surface area (Å²) >= 11 is 0. The summed E-state index contributed by atoms with van der Waals surface area (Å²) < 4.78 is 11.0. The van der Waals surface area contributed by atoms with Crippen LogP contribution in [0, 0.1) is 5.92 Å². The average Bonchev–Trinajstić information content (AvgIpc) is 2.46. The largest absolute Gasteiger partial charge is 0.492 e. The van der Waals surface area contributed by atoms with E-state index in [1.165, 1.54) is 5.56 Å². The van der Waals surface area contributed by atoms with Crippen molar-refractivity contribution in [3.05, 3.63) is 24.0 Å². The first-order chi connectivity index (χ1) is 9.35. The molecule has 1 saturated heterocycles. The Bertz CT molecular complexity index is 378. The highest BCUT2D eigenvalue weighted by molar-refractivity contribution is 5.26. The van der Waals surface area contributed by atoms with E-state index in [1.54, 1.807) is 6.20 Å². The lowest BCUT2D eigenvalue weighted by molar-refractivity contribution is 0.0537. The van der Waals surface area contributed by atoms with E-state index in [9.17, 15) is 0 Å². The Morgan fingerprint density at radius 3 is 2.84 bits per heavy atom. The van der Waals surface area contributed by atoms with Gasteiger partial charge in [0, 0.05) is 25.5 Å². The van der Waals surface area contributed by atoms with Crippen LogP contribution >= 0.6 is 0 Å². The number of hydrogen-bond acceptors (Lipinski definition) is 4. The minimum atomic E-state index is 0.349. The number of rotatable bonds is 6. The summed E-state index contributed by atoms with van der Waals surface area (Å²) in [6, 6.07) is 2.46. The summed E-state index contributed by atoms with van der Waals surface area (Å²) in [7, 11) is 0. The molecule has 2 heterocycles. The van der Waals surface area contributed by atoms with Crippen LogP contribution in [0.5, 0.6) is 5.75 Å². The molecule has 0 spiro atoms. The van der Waals surface area contributed by atoms with Crippen molar-refractivity contribution in [3.8, 4) is 5.75 Å². The second-order valence-electron chi connectivity index (χ2n) is 4.87. The Kier molecular flexibility index (Phi) is 5.61. The molecule has 1 aliphatic rings. The SMILES string of the molecule is CCNC(c1cncc(OCC)c1)C1CCOCC1. The van der Waals surface area contributed by atoms with Crippen molar-refractivity contribution in [2.24, 2.45) is 5.92 Å². The monoisotopic (exact) mass is 264 g/mol. The molecule has 2 rings (SSSR count). The van der Waals surface area contributed by atoms with Gasteiger partial charge in [0.2, 0.25) is 0 Å². The van der Waals surface area contributed by atoms with Gasteiger partial charge in [-0.1, -0.05) is 6.92 Å². The Morgan fingerprint density at radius 2 is 2.16 bits per heavy atom. The number of hydrogen-bond donors (Lipinski definition) is 1. The van der Waals surface area contributed by atoms with E-state index in [1.807, 2.05) is 13.1 Å². The van der Waals surface area contributed by atoms with Crippen molar-refractivity contribution in [1.29, 1.82) is 0 Å². The van der Waals surface area contributed by atoms with Crippen LogP contribution in [-0.4, -0.2) is 31.3 Å². The Labute approximate surface area is 115 Å². The zero-order valence-corrected chi connectivity index (χ0v) is 11.9. The van der Waals surface area contributed by atoms with Crippen LogP contribution in [0.25, 0.3) is 0 Å². The zero-order chi connectivity index (χ0) is 13.5. The third-order valence-electron chi connectivity index (χ3n) is 3.57. The number of nitrogens with one attached hydrogen (secondary N) is 1. The Balaban J connectivity index is 2.14. The maximum absolute atomic E-state index is 5.55. The van der Waals surface area contributed by atoms with E-state index >= 15 is 0 Å². The molecule has 1 fully saturated rings. The Hall–Kier alpha value is -1.13. The summed E-state index contributed by atoms with van der Waals surface area (Å²) in [5.41, 5.74) is 1.22. The fourth-order valence-corrected chi connectivity index (χ4v) is 2.68. The lowest BCUT2D eigenvalue weighted by Gasteiger charge is -2.31. The lowest BCUT2D eigenvalue weighted by atomic mass is 9.87. The third kappa shape index (κ3) is 3.91. The molecule has 0 aliphatic carbocycles. The summed E-state index contributed by atoms with van der Waals surface area (Å²) in [6.07, 6.45) is 5.94. The second kappa shape index (κ2) is 7.46. The molecule has 4 heteroatoms. The minimum Gasteiger partial charge on any atom is -0.492 e. The van der Waals surface area contributed by atoms with Crippen molar-refractivity contribution in [2.75, 3.05) is 26.4 Å². The van der Waals surface area contributed by atoms with Crippen LogP contribution in [0.2, 0.25) is 0 Å². The van der Waals surface area contributed by atoms with Crippen molar-refractivity contribution in [3.63, 3.8) is 0 Å². The van der Waals surface area contributed by atoms with Crippen LogP contribution in [0.15, 0.2) is 18.5 Å². The lowest BCUT2D eigenvalue weighted by Crippen LogP contribution is -2.32. The first kappa shape index (κ1) is 14.3. The molecule has 1 unspecified atom stereocenters. The van der Waals surface area contributed by atoms with Gasteiger partial charge in [0.1, 0.15) is 5.75 Å². The van der Waals surface area contributed by atoms with Crippen LogP contribution < -0.4 is 10.1 Å². The minimum absolute atomic E-state index is 0.349. The molecule has 1 atom stereocenters. The van der Waals surface area contributed by atoms with Gasteiger partial charge in [0.15, 0.2) is 0 Å². The van der Waals surface area contributed by atoms with Gasteiger partial charge in [0.05, 0.1) is 12.8 Å². The highest BCUT2D eigenvalue weighted by Crippen LogP contribution is 2.31. The molecular formula is C15H24N2O2. The van der Waals surface area contributed by atoms with Crippen LogP contribution in [0.4, 0.5) is 0 Å². The summed E-state index contributed by atoms with van der Waals surface area (Å²) in [6.45, 7) is 7.50. The first-order valence-corrected chi connectivity index (χ1v) is 7.24. The normalized spacial score (nSPS) is 18.2. The molecule has 1 aliphatic heterocycles. The fraction of sp³-hybridized carbons (Fsp3) is 0.667.